The second kappa shape index (κ2) is 21.6. The summed E-state index contributed by atoms with van der Waals surface area (Å²) in [4.78, 5) is 94.4. The Morgan fingerprint density at radius 3 is 1.73 bits per heavy atom. The van der Waals surface area contributed by atoms with Gasteiger partial charge in [0.15, 0.2) is 0 Å². The van der Waals surface area contributed by atoms with Crippen LogP contribution < -0.4 is 38.1 Å². The average Bonchev–Trinajstić information content (AvgIpc) is 3.63. The molecule has 0 aliphatic heterocycles. The van der Waals surface area contributed by atoms with E-state index in [9.17, 15) is 54.0 Å². The smallest absolute Gasteiger partial charge is 0.326 e. The van der Waals surface area contributed by atoms with Crippen LogP contribution in [0, 0.1) is 0 Å². The molecule has 19 nitrogen and oxygen atoms in total. The van der Waals surface area contributed by atoms with Crippen LogP contribution in [0.25, 0.3) is 10.9 Å². The highest BCUT2D eigenvalue weighted by Gasteiger charge is 2.33. The number of fused-ring (bicyclic) bond motifs is 1. The summed E-state index contributed by atoms with van der Waals surface area (Å²) in [5.41, 5.74) is 13.4. The average molecular weight is 817 g/mol. The molecule has 0 saturated carbocycles. The summed E-state index contributed by atoms with van der Waals surface area (Å²) in [6.07, 6.45) is 0.477. The minimum atomic E-state index is -1.74. The van der Waals surface area contributed by atoms with Crippen LogP contribution in [0.2, 0.25) is 0 Å². The second-order valence-electron chi connectivity index (χ2n) is 13.7. The molecule has 6 amide bonds. The molecule has 3 aromatic carbocycles. The molecule has 59 heavy (non-hydrogen) atoms. The Kier molecular flexibility index (Phi) is 16.5. The first-order chi connectivity index (χ1) is 28.2. The van der Waals surface area contributed by atoms with E-state index in [-0.39, 0.29) is 31.4 Å². The van der Waals surface area contributed by atoms with E-state index in [4.69, 9.17) is 11.5 Å². The number of phenolic OH excluding ortho intramolecular Hbond substituents is 1. The quantitative estimate of drug-likeness (QED) is 0.0410. The van der Waals surface area contributed by atoms with Gasteiger partial charge in [0.05, 0.1) is 13.2 Å². The van der Waals surface area contributed by atoms with Gasteiger partial charge in [0, 0.05) is 42.8 Å². The number of hydrogen-bond donors (Lipinski definition) is 12. The minimum Gasteiger partial charge on any atom is -0.508 e. The molecule has 0 aliphatic rings. The third kappa shape index (κ3) is 13.4. The number of rotatable bonds is 22. The van der Waals surface area contributed by atoms with E-state index in [1.54, 1.807) is 54.7 Å². The summed E-state index contributed by atoms with van der Waals surface area (Å²) in [5, 5.41) is 52.3. The Bertz CT molecular complexity index is 2090. The molecule has 19 heteroatoms. The number of aliphatic hydroxyl groups is 2. The molecule has 4 rings (SSSR count). The number of nitrogens with one attached hydrogen (secondary N) is 6. The van der Waals surface area contributed by atoms with Crippen LogP contribution in [0.1, 0.15) is 29.5 Å². The fraction of sp³-hybridized carbons (Fsp3) is 0.325. The van der Waals surface area contributed by atoms with Crippen molar-refractivity contribution in [2.24, 2.45) is 11.5 Å². The third-order valence-electron chi connectivity index (χ3n) is 9.30. The lowest BCUT2D eigenvalue weighted by molar-refractivity contribution is -0.142. The fourth-order valence-electron chi connectivity index (χ4n) is 6.06. The van der Waals surface area contributed by atoms with Crippen molar-refractivity contribution in [1.29, 1.82) is 0 Å². The van der Waals surface area contributed by atoms with Gasteiger partial charge in [-0.05, 0) is 41.3 Å². The van der Waals surface area contributed by atoms with Crippen molar-refractivity contribution < 1.29 is 54.0 Å². The molecule has 0 fully saturated rings. The molecule has 1 heterocycles. The molecule has 0 radical (unpaired) electrons. The zero-order chi connectivity index (χ0) is 43.1. The van der Waals surface area contributed by atoms with Crippen LogP contribution in [-0.2, 0) is 52.8 Å². The number of phenols is 1. The van der Waals surface area contributed by atoms with E-state index in [0.717, 1.165) is 10.9 Å². The number of nitrogens with two attached hydrogens (primary N) is 2. The summed E-state index contributed by atoms with van der Waals surface area (Å²) in [6.45, 7) is -1.73. The van der Waals surface area contributed by atoms with Gasteiger partial charge in [-0.15, -0.1) is 0 Å². The Balaban J connectivity index is 1.55. The predicted octanol–water partition coefficient (Wildman–Crippen LogP) is -2.01. The number of aliphatic carboxylic acids is 1. The topological polar surface area (TPSA) is 328 Å². The van der Waals surface area contributed by atoms with Crippen molar-refractivity contribution >= 4 is 52.3 Å². The van der Waals surface area contributed by atoms with Crippen LogP contribution in [-0.4, -0.2) is 116 Å². The largest absolute Gasteiger partial charge is 0.508 e. The van der Waals surface area contributed by atoms with Crippen molar-refractivity contribution in [3.05, 3.63) is 102 Å². The van der Waals surface area contributed by atoms with Crippen LogP contribution in [0.4, 0.5) is 0 Å². The number of aliphatic hydroxyl groups excluding tert-OH is 2. The van der Waals surface area contributed by atoms with Crippen LogP contribution in [0.5, 0.6) is 5.75 Å². The standard InChI is InChI=1S/C40H48N8O11/c41-27(20-49)35(53)45-31(18-24-19-43-28-9-5-4-8-26(24)28)38(56)46-30(16-23-10-12-25(51)13-11-23)37(55)48-33(21-50)39(57)44-29(14-15-34(42)52)36(54)47-32(40(58)59)17-22-6-2-1-3-7-22/h1-13,19,27,29-33,43,49-51H,14-18,20-21,41H2,(H2,42,52)(H,44,57)(H,45,53)(H,46,56)(H,47,54)(H,48,55)(H,58,59)/t27-,29-,30-,31-,32-,33-/m0/s1. The first kappa shape index (κ1) is 44.9. The number of aromatic hydroxyl groups is 1. The number of H-pyrrole nitrogens is 1. The van der Waals surface area contributed by atoms with Crippen molar-refractivity contribution in [2.45, 2.75) is 68.4 Å². The van der Waals surface area contributed by atoms with Gasteiger partial charge in [0.2, 0.25) is 35.4 Å². The number of aromatic nitrogens is 1. The van der Waals surface area contributed by atoms with Crippen molar-refractivity contribution in [3.8, 4) is 5.75 Å². The van der Waals surface area contributed by atoms with Gasteiger partial charge in [-0.2, -0.15) is 0 Å². The van der Waals surface area contributed by atoms with Gasteiger partial charge in [-0.25, -0.2) is 4.79 Å². The van der Waals surface area contributed by atoms with Gasteiger partial charge in [0.25, 0.3) is 0 Å². The molecule has 0 unspecified atom stereocenters. The Morgan fingerprint density at radius 2 is 1.10 bits per heavy atom. The number of carbonyl (C=O) groups excluding carboxylic acids is 6. The van der Waals surface area contributed by atoms with E-state index in [2.05, 4.69) is 31.6 Å². The summed E-state index contributed by atoms with van der Waals surface area (Å²) < 4.78 is 0. The van der Waals surface area contributed by atoms with E-state index in [1.165, 1.54) is 24.3 Å². The highest BCUT2D eigenvalue weighted by Crippen LogP contribution is 2.20. The molecular weight excluding hydrogens is 768 g/mol. The zero-order valence-corrected chi connectivity index (χ0v) is 31.8. The molecule has 14 N–H and O–H groups in total. The summed E-state index contributed by atoms with van der Waals surface area (Å²) in [5.74, 6) is -7.06. The number of carbonyl (C=O) groups is 7. The highest BCUT2D eigenvalue weighted by molar-refractivity contribution is 5.97. The number of benzene rings is 3. The maximum atomic E-state index is 14.0. The second-order valence-corrected chi connectivity index (χ2v) is 13.7. The normalized spacial score (nSPS) is 14.1. The SMILES string of the molecule is NC(=O)CC[C@H](NC(=O)[C@H](CO)NC(=O)[C@H](Cc1ccc(O)cc1)NC(=O)[C@H](Cc1c[nH]c2ccccc12)NC(=O)[C@@H](N)CO)C(=O)N[C@@H](Cc1ccccc1)C(=O)O. The highest BCUT2D eigenvalue weighted by atomic mass is 16.4. The van der Waals surface area contributed by atoms with Crippen molar-refractivity contribution in [1.82, 2.24) is 31.6 Å². The molecule has 6 atom stereocenters. The first-order valence-electron chi connectivity index (χ1n) is 18.6. The predicted molar refractivity (Wildman–Crippen MR) is 212 cm³/mol. The molecule has 314 valence electrons. The molecule has 0 spiro atoms. The number of aromatic amines is 1. The van der Waals surface area contributed by atoms with E-state index in [0.29, 0.717) is 16.7 Å². The maximum Gasteiger partial charge on any atom is 0.326 e. The minimum absolute atomic E-state index is 0.0813. The van der Waals surface area contributed by atoms with Gasteiger partial charge >= 0.3 is 5.97 Å². The van der Waals surface area contributed by atoms with Crippen molar-refractivity contribution in [3.63, 3.8) is 0 Å². The lowest BCUT2D eigenvalue weighted by atomic mass is 10.0. The number of carboxylic acid groups (broad SMARTS) is 1. The number of primary amides is 1. The van der Waals surface area contributed by atoms with Crippen LogP contribution >= 0.6 is 0 Å². The lowest BCUT2D eigenvalue weighted by Crippen LogP contribution is -2.60. The van der Waals surface area contributed by atoms with Gasteiger partial charge in [-0.1, -0.05) is 60.7 Å². The first-order valence-corrected chi connectivity index (χ1v) is 18.6. The zero-order valence-electron chi connectivity index (χ0n) is 31.8. The van der Waals surface area contributed by atoms with E-state index in [1.807, 2.05) is 6.07 Å². The maximum absolute atomic E-state index is 14.0. The molecule has 0 saturated heterocycles. The molecule has 0 bridgehead atoms. The number of carboxylic acids is 1. The van der Waals surface area contributed by atoms with E-state index >= 15 is 0 Å². The number of amides is 6. The van der Waals surface area contributed by atoms with Gasteiger partial charge in [-0.3, -0.25) is 28.8 Å². The number of hydrogen-bond acceptors (Lipinski definition) is 11. The molecule has 4 aromatic rings. The molecule has 1 aromatic heterocycles. The Labute approximate surface area is 337 Å². The molecule has 0 aliphatic carbocycles. The van der Waals surface area contributed by atoms with Crippen LogP contribution in [0.3, 0.4) is 0 Å². The van der Waals surface area contributed by atoms with Gasteiger partial charge in [0.1, 0.15) is 42.0 Å². The summed E-state index contributed by atoms with van der Waals surface area (Å²) in [6, 6.07) is 12.4. The lowest BCUT2D eigenvalue weighted by Gasteiger charge is -2.26. The van der Waals surface area contributed by atoms with E-state index < -0.39 is 97.3 Å². The summed E-state index contributed by atoms with van der Waals surface area (Å²) >= 11 is 0. The number of para-hydroxylation sites is 1. The third-order valence-corrected chi connectivity index (χ3v) is 9.30. The monoisotopic (exact) mass is 816 g/mol. The molecular formula is C40H48N8O11. The van der Waals surface area contributed by atoms with Crippen molar-refractivity contribution in [2.75, 3.05) is 13.2 Å². The Hall–Kier alpha value is -6.83. The fourth-order valence-corrected chi connectivity index (χ4v) is 6.06. The van der Waals surface area contributed by atoms with Gasteiger partial charge < -0.3 is 63.5 Å². The Morgan fingerprint density at radius 1 is 0.593 bits per heavy atom. The van der Waals surface area contributed by atoms with Crippen LogP contribution in [0.15, 0.2) is 85.1 Å². The summed E-state index contributed by atoms with van der Waals surface area (Å²) in [7, 11) is 0.